The minimum atomic E-state index is -0.336. The molecule has 1 aromatic heterocycles. The maximum atomic E-state index is 13.2. The van der Waals surface area contributed by atoms with Gasteiger partial charge in [0, 0.05) is 4.47 Å². The molecule has 2 rings (SSSR count). The zero-order valence-electron chi connectivity index (χ0n) is 9.91. The third-order valence-corrected chi connectivity index (χ3v) is 3.02. The highest BCUT2D eigenvalue weighted by Gasteiger charge is 2.12. The standard InChI is InChI=1S/C12H13BrFN3O/c1-2-5-15-7-11-16-17-12(18-11)9-6-8(14)3-4-10(9)13/h3-4,6,15H,2,5,7H2,1H3. The maximum Gasteiger partial charge on any atom is 0.249 e. The summed E-state index contributed by atoms with van der Waals surface area (Å²) in [5, 5.41) is 11.0. The van der Waals surface area contributed by atoms with Crippen molar-refractivity contribution in [2.45, 2.75) is 19.9 Å². The van der Waals surface area contributed by atoms with Crippen LogP contribution in [0.1, 0.15) is 19.2 Å². The van der Waals surface area contributed by atoms with E-state index < -0.39 is 0 Å². The van der Waals surface area contributed by atoms with Crippen molar-refractivity contribution in [3.05, 3.63) is 34.4 Å². The molecule has 2 aromatic rings. The van der Waals surface area contributed by atoms with Crippen LogP contribution in [0.3, 0.4) is 0 Å². The van der Waals surface area contributed by atoms with Crippen LogP contribution >= 0.6 is 15.9 Å². The molecule has 0 aliphatic rings. The second kappa shape index (κ2) is 6.06. The molecular weight excluding hydrogens is 301 g/mol. The number of aromatic nitrogens is 2. The SMILES string of the molecule is CCCNCc1nnc(-c2cc(F)ccc2Br)o1. The third kappa shape index (κ3) is 3.14. The van der Waals surface area contributed by atoms with Crippen molar-refractivity contribution in [2.24, 2.45) is 0 Å². The monoisotopic (exact) mass is 313 g/mol. The van der Waals surface area contributed by atoms with E-state index in [9.17, 15) is 4.39 Å². The lowest BCUT2D eigenvalue weighted by atomic mass is 10.2. The highest BCUT2D eigenvalue weighted by Crippen LogP contribution is 2.27. The molecule has 0 saturated heterocycles. The molecule has 1 heterocycles. The van der Waals surface area contributed by atoms with Crippen molar-refractivity contribution >= 4 is 15.9 Å². The largest absolute Gasteiger partial charge is 0.419 e. The summed E-state index contributed by atoms with van der Waals surface area (Å²) in [6.07, 6.45) is 1.04. The van der Waals surface area contributed by atoms with Gasteiger partial charge < -0.3 is 9.73 Å². The predicted octanol–water partition coefficient (Wildman–Crippen LogP) is 3.14. The highest BCUT2D eigenvalue weighted by molar-refractivity contribution is 9.10. The molecule has 0 amide bonds. The first-order chi connectivity index (χ1) is 8.70. The average Bonchev–Trinajstić information content (AvgIpc) is 2.81. The van der Waals surface area contributed by atoms with Crippen molar-refractivity contribution in [1.29, 1.82) is 0 Å². The summed E-state index contributed by atoms with van der Waals surface area (Å²) in [6, 6.07) is 4.35. The molecule has 6 heteroatoms. The molecule has 0 bridgehead atoms. The van der Waals surface area contributed by atoms with Gasteiger partial charge in [0.05, 0.1) is 12.1 Å². The van der Waals surface area contributed by atoms with Crippen molar-refractivity contribution in [1.82, 2.24) is 15.5 Å². The lowest BCUT2D eigenvalue weighted by molar-refractivity contribution is 0.477. The topological polar surface area (TPSA) is 51.0 Å². The number of hydrogen-bond acceptors (Lipinski definition) is 4. The molecule has 0 radical (unpaired) electrons. The van der Waals surface area contributed by atoms with Gasteiger partial charge in [-0.3, -0.25) is 0 Å². The van der Waals surface area contributed by atoms with E-state index in [4.69, 9.17) is 4.42 Å². The maximum absolute atomic E-state index is 13.2. The Balaban J connectivity index is 2.16. The molecule has 0 fully saturated rings. The fourth-order valence-corrected chi connectivity index (χ4v) is 1.88. The van der Waals surface area contributed by atoms with Crippen LogP contribution in [0.4, 0.5) is 4.39 Å². The first-order valence-corrected chi connectivity index (χ1v) is 6.48. The van der Waals surface area contributed by atoms with E-state index in [0.717, 1.165) is 17.4 Å². The molecule has 0 saturated carbocycles. The summed E-state index contributed by atoms with van der Waals surface area (Å²) in [5.74, 6) is 0.473. The second-order valence-corrected chi connectivity index (χ2v) is 4.66. The molecule has 4 nitrogen and oxygen atoms in total. The predicted molar refractivity (Wildman–Crippen MR) is 69.4 cm³/mol. The molecule has 0 aliphatic carbocycles. The van der Waals surface area contributed by atoms with Crippen molar-refractivity contribution < 1.29 is 8.81 Å². The Morgan fingerprint density at radius 1 is 1.39 bits per heavy atom. The lowest BCUT2D eigenvalue weighted by Crippen LogP contribution is -2.13. The minimum Gasteiger partial charge on any atom is -0.419 e. The van der Waals surface area contributed by atoms with Crippen molar-refractivity contribution in [3.63, 3.8) is 0 Å². The Morgan fingerprint density at radius 3 is 3.00 bits per heavy atom. The van der Waals surface area contributed by atoms with Crippen LogP contribution in [0.5, 0.6) is 0 Å². The van der Waals surface area contributed by atoms with E-state index in [1.54, 1.807) is 6.07 Å². The molecule has 0 atom stereocenters. The van der Waals surface area contributed by atoms with Crippen LogP contribution in [-0.4, -0.2) is 16.7 Å². The molecule has 96 valence electrons. The molecule has 1 N–H and O–H groups in total. The van der Waals surface area contributed by atoms with Gasteiger partial charge in [0.1, 0.15) is 5.82 Å². The van der Waals surface area contributed by atoms with Gasteiger partial charge in [0.2, 0.25) is 11.8 Å². The first kappa shape index (κ1) is 13.2. The normalized spacial score (nSPS) is 10.8. The van der Waals surface area contributed by atoms with Gasteiger partial charge in [-0.2, -0.15) is 0 Å². The van der Waals surface area contributed by atoms with Crippen LogP contribution in [0.2, 0.25) is 0 Å². The van der Waals surface area contributed by atoms with E-state index in [2.05, 4.69) is 38.4 Å². The van der Waals surface area contributed by atoms with Crippen molar-refractivity contribution in [3.8, 4) is 11.5 Å². The van der Waals surface area contributed by atoms with Crippen molar-refractivity contribution in [2.75, 3.05) is 6.54 Å². The molecule has 0 unspecified atom stereocenters. The van der Waals surface area contributed by atoms with E-state index in [1.165, 1.54) is 12.1 Å². The Labute approximate surface area is 113 Å². The van der Waals surface area contributed by atoms with Gasteiger partial charge in [-0.15, -0.1) is 10.2 Å². The quantitative estimate of drug-likeness (QED) is 0.862. The van der Waals surface area contributed by atoms with Gasteiger partial charge in [-0.1, -0.05) is 6.92 Å². The Morgan fingerprint density at radius 2 is 2.22 bits per heavy atom. The van der Waals surface area contributed by atoms with Gasteiger partial charge in [0.25, 0.3) is 0 Å². The second-order valence-electron chi connectivity index (χ2n) is 3.80. The smallest absolute Gasteiger partial charge is 0.249 e. The number of nitrogens with zero attached hydrogens (tertiary/aromatic N) is 2. The summed E-state index contributed by atoms with van der Waals surface area (Å²) in [5.41, 5.74) is 0.559. The summed E-state index contributed by atoms with van der Waals surface area (Å²) in [6.45, 7) is 3.49. The third-order valence-electron chi connectivity index (χ3n) is 2.33. The summed E-state index contributed by atoms with van der Waals surface area (Å²) in [4.78, 5) is 0. The highest BCUT2D eigenvalue weighted by atomic mass is 79.9. The van der Waals surface area contributed by atoms with E-state index in [1.807, 2.05) is 0 Å². The van der Waals surface area contributed by atoms with Crippen LogP contribution < -0.4 is 5.32 Å². The van der Waals surface area contributed by atoms with Crippen LogP contribution in [0.15, 0.2) is 27.1 Å². The first-order valence-electron chi connectivity index (χ1n) is 5.69. The molecule has 18 heavy (non-hydrogen) atoms. The molecule has 1 aromatic carbocycles. The Hall–Kier alpha value is -1.27. The zero-order chi connectivity index (χ0) is 13.0. The number of nitrogens with one attached hydrogen (secondary N) is 1. The van der Waals surface area contributed by atoms with Crippen LogP contribution in [0.25, 0.3) is 11.5 Å². The van der Waals surface area contributed by atoms with Gasteiger partial charge >= 0.3 is 0 Å². The van der Waals surface area contributed by atoms with E-state index in [0.29, 0.717) is 23.9 Å². The minimum absolute atomic E-state index is 0.315. The fraction of sp³-hybridized carbons (Fsp3) is 0.333. The molecular formula is C12H13BrFN3O. The number of rotatable bonds is 5. The van der Waals surface area contributed by atoms with Gasteiger partial charge in [-0.25, -0.2) is 4.39 Å². The van der Waals surface area contributed by atoms with Gasteiger partial charge in [0.15, 0.2) is 0 Å². The summed E-state index contributed by atoms with van der Waals surface area (Å²) < 4.78 is 19.4. The van der Waals surface area contributed by atoms with Gasteiger partial charge in [-0.05, 0) is 47.1 Å². The summed E-state index contributed by atoms with van der Waals surface area (Å²) in [7, 11) is 0. The summed E-state index contributed by atoms with van der Waals surface area (Å²) >= 11 is 3.33. The lowest BCUT2D eigenvalue weighted by Gasteiger charge is -1.99. The van der Waals surface area contributed by atoms with E-state index in [-0.39, 0.29) is 5.82 Å². The van der Waals surface area contributed by atoms with Crippen LogP contribution in [-0.2, 0) is 6.54 Å². The molecule has 0 aliphatic heterocycles. The zero-order valence-corrected chi connectivity index (χ0v) is 11.5. The Kier molecular flexibility index (Phi) is 4.43. The van der Waals surface area contributed by atoms with E-state index >= 15 is 0 Å². The number of benzene rings is 1. The number of hydrogen-bond donors (Lipinski definition) is 1. The average molecular weight is 314 g/mol. The number of halogens is 2. The Bertz CT molecular complexity index is 530. The molecule has 0 spiro atoms. The van der Waals surface area contributed by atoms with Crippen LogP contribution in [0, 0.1) is 5.82 Å². The fourth-order valence-electron chi connectivity index (χ4n) is 1.47.